The average molecular weight is 350 g/mol. The molecule has 4 heteroatoms. The number of benzene rings is 1. The predicted octanol–water partition coefficient (Wildman–Crippen LogP) is 3.21. The van der Waals surface area contributed by atoms with Gasteiger partial charge in [0.05, 0.1) is 0 Å². The minimum atomic E-state index is 0.0425. The van der Waals surface area contributed by atoms with Crippen molar-refractivity contribution in [1.82, 2.24) is 9.47 Å². The lowest BCUT2D eigenvalue weighted by Crippen LogP contribution is -2.38. The molecule has 1 aromatic carbocycles. The molecule has 0 saturated carbocycles. The lowest BCUT2D eigenvalue weighted by atomic mass is 9.89. The fraction of sp³-hybridized carbons (Fsp3) is 0.455. The Morgan fingerprint density at radius 2 is 1.88 bits per heavy atom. The van der Waals surface area contributed by atoms with Gasteiger partial charge in [-0.3, -0.25) is 9.59 Å². The van der Waals surface area contributed by atoms with Gasteiger partial charge >= 0.3 is 0 Å². The van der Waals surface area contributed by atoms with Crippen molar-refractivity contribution in [2.45, 2.75) is 43.9 Å². The third-order valence-electron chi connectivity index (χ3n) is 6.13. The number of pyridine rings is 1. The molecule has 136 valence electrons. The van der Waals surface area contributed by atoms with Crippen LogP contribution in [-0.2, 0) is 18.3 Å². The monoisotopic (exact) mass is 350 g/mol. The highest BCUT2D eigenvalue weighted by Crippen LogP contribution is 2.36. The van der Waals surface area contributed by atoms with Crippen molar-refractivity contribution >= 4 is 5.91 Å². The molecule has 0 spiro atoms. The van der Waals surface area contributed by atoms with E-state index >= 15 is 0 Å². The first-order valence-electron chi connectivity index (χ1n) is 9.64. The summed E-state index contributed by atoms with van der Waals surface area (Å²) in [4.78, 5) is 26.7. The van der Waals surface area contributed by atoms with Gasteiger partial charge in [0.25, 0.3) is 5.56 Å². The van der Waals surface area contributed by atoms with Crippen LogP contribution in [0.4, 0.5) is 0 Å². The second kappa shape index (κ2) is 7.10. The van der Waals surface area contributed by atoms with Crippen LogP contribution >= 0.6 is 0 Å². The molecule has 0 bridgehead atoms. The van der Waals surface area contributed by atoms with Crippen molar-refractivity contribution in [3.05, 3.63) is 69.6 Å². The van der Waals surface area contributed by atoms with E-state index in [9.17, 15) is 9.59 Å². The molecule has 1 aromatic heterocycles. The maximum atomic E-state index is 12.8. The van der Waals surface area contributed by atoms with E-state index in [0.717, 1.165) is 44.3 Å². The number of amides is 1. The van der Waals surface area contributed by atoms with Crippen LogP contribution in [0.15, 0.2) is 47.4 Å². The topological polar surface area (TPSA) is 42.3 Å². The Hall–Kier alpha value is -2.36. The second-order valence-corrected chi connectivity index (χ2v) is 7.70. The summed E-state index contributed by atoms with van der Waals surface area (Å²) in [5.41, 5.74) is 3.94. The normalized spacial score (nSPS) is 20.2. The number of aromatic nitrogens is 1. The van der Waals surface area contributed by atoms with E-state index in [2.05, 4.69) is 24.3 Å². The van der Waals surface area contributed by atoms with Crippen LogP contribution < -0.4 is 5.56 Å². The van der Waals surface area contributed by atoms with Crippen LogP contribution in [0.5, 0.6) is 0 Å². The van der Waals surface area contributed by atoms with Crippen LogP contribution in [0.1, 0.15) is 54.2 Å². The van der Waals surface area contributed by atoms with Gasteiger partial charge in [0.1, 0.15) is 0 Å². The first-order valence-corrected chi connectivity index (χ1v) is 9.64. The molecular formula is C22H26N2O2. The maximum absolute atomic E-state index is 12.8. The summed E-state index contributed by atoms with van der Waals surface area (Å²) in [5, 5.41) is 0. The molecule has 1 aliphatic heterocycles. The number of hydrogen-bond acceptors (Lipinski definition) is 2. The summed E-state index contributed by atoms with van der Waals surface area (Å²) in [5.74, 6) is 1.06. The average Bonchev–Trinajstić information content (AvgIpc) is 3.07. The summed E-state index contributed by atoms with van der Waals surface area (Å²) in [6, 6.07) is 12.3. The Bertz CT molecular complexity index is 862. The van der Waals surface area contributed by atoms with Crippen molar-refractivity contribution < 1.29 is 4.79 Å². The van der Waals surface area contributed by atoms with Gasteiger partial charge in [-0.2, -0.15) is 0 Å². The number of rotatable bonds is 3. The van der Waals surface area contributed by atoms with Gasteiger partial charge in [0.2, 0.25) is 5.91 Å². The third kappa shape index (κ3) is 3.33. The van der Waals surface area contributed by atoms with Crippen molar-refractivity contribution in [1.29, 1.82) is 0 Å². The summed E-state index contributed by atoms with van der Waals surface area (Å²) in [6.45, 7) is 1.60. The predicted molar refractivity (Wildman–Crippen MR) is 102 cm³/mol. The molecule has 2 aliphatic rings. The lowest BCUT2D eigenvalue weighted by molar-refractivity contribution is -0.132. The van der Waals surface area contributed by atoms with E-state index in [1.807, 2.05) is 17.2 Å². The van der Waals surface area contributed by atoms with Crippen molar-refractivity contribution in [2.75, 3.05) is 13.1 Å². The molecule has 1 unspecified atom stereocenters. The van der Waals surface area contributed by atoms with E-state index in [1.54, 1.807) is 17.7 Å². The molecule has 1 amide bonds. The SMILES string of the molecule is Cn1ccc(C2CCN(C(=O)CC3CCc4ccccc43)CC2)cc1=O. The number of aryl methyl sites for hydroxylation is 2. The van der Waals surface area contributed by atoms with E-state index in [4.69, 9.17) is 0 Å². The van der Waals surface area contributed by atoms with Crippen LogP contribution in [0.25, 0.3) is 0 Å². The van der Waals surface area contributed by atoms with Gasteiger partial charge in [-0.25, -0.2) is 0 Å². The second-order valence-electron chi connectivity index (χ2n) is 7.70. The van der Waals surface area contributed by atoms with Crippen molar-refractivity contribution in [2.24, 2.45) is 7.05 Å². The highest BCUT2D eigenvalue weighted by molar-refractivity contribution is 5.77. The van der Waals surface area contributed by atoms with Gasteiger partial charge in [-0.05, 0) is 60.3 Å². The summed E-state index contributed by atoms with van der Waals surface area (Å²) in [7, 11) is 1.77. The van der Waals surface area contributed by atoms with E-state index in [-0.39, 0.29) is 11.5 Å². The molecule has 1 saturated heterocycles. The molecule has 0 N–H and O–H groups in total. The Balaban J connectivity index is 1.35. The Morgan fingerprint density at radius 1 is 1.12 bits per heavy atom. The Labute approximate surface area is 154 Å². The molecule has 2 heterocycles. The smallest absolute Gasteiger partial charge is 0.250 e. The molecule has 2 aromatic rings. The fourth-order valence-electron chi connectivity index (χ4n) is 4.48. The van der Waals surface area contributed by atoms with Gasteiger partial charge in [-0.1, -0.05) is 24.3 Å². The Morgan fingerprint density at radius 3 is 2.65 bits per heavy atom. The van der Waals surface area contributed by atoms with Crippen LogP contribution in [0, 0.1) is 0 Å². The maximum Gasteiger partial charge on any atom is 0.250 e. The minimum Gasteiger partial charge on any atom is -0.343 e. The number of carbonyl (C=O) groups is 1. The number of hydrogen-bond donors (Lipinski definition) is 0. The van der Waals surface area contributed by atoms with Crippen molar-refractivity contribution in [3.63, 3.8) is 0 Å². The minimum absolute atomic E-state index is 0.0425. The van der Waals surface area contributed by atoms with Gasteiger partial charge in [-0.15, -0.1) is 0 Å². The molecule has 26 heavy (non-hydrogen) atoms. The zero-order chi connectivity index (χ0) is 18.1. The standard InChI is InChI=1S/C22H26N2O2/c1-23-11-8-18(14-21(23)25)16-9-12-24(13-10-16)22(26)15-19-7-6-17-4-2-3-5-20(17)19/h2-5,8,11,14,16,19H,6-7,9-10,12-13,15H2,1H3. The molecule has 0 radical (unpaired) electrons. The molecule has 4 rings (SSSR count). The van der Waals surface area contributed by atoms with Crippen LogP contribution in [0.2, 0.25) is 0 Å². The lowest BCUT2D eigenvalue weighted by Gasteiger charge is -2.33. The van der Waals surface area contributed by atoms with Crippen molar-refractivity contribution in [3.8, 4) is 0 Å². The first kappa shape index (κ1) is 17.1. The van der Waals surface area contributed by atoms with Gasteiger partial charge in [0.15, 0.2) is 0 Å². The molecule has 1 atom stereocenters. The van der Waals surface area contributed by atoms with Crippen LogP contribution in [-0.4, -0.2) is 28.5 Å². The number of carbonyl (C=O) groups excluding carboxylic acids is 1. The molecule has 1 fully saturated rings. The number of likely N-dealkylation sites (tertiary alicyclic amines) is 1. The van der Waals surface area contributed by atoms with E-state index in [1.165, 1.54) is 11.1 Å². The van der Waals surface area contributed by atoms with E-state index < -0.39 is 0 Å². The molecule has 4 nitrogen and oxygen atoms in total. The number of nitrogens with zero attached hydrogens (tertiary/aromatic N) is 2. The quantitative estimate of drug-likeness (QED) is 0.853. The number of fused-ring (bicyclic) bond motifs is 1. The summed E-state index contributed by atoms with van der Waals surface area (Å²) < 4.78 is 1.60. The fourth-order valence-corrected chi connectivity index (χ4v) is 4.48. The third-order valence-corrected chi connectivity index (χ3v) is 6.13. The summed E-state index contributed by atoms with van der Waals surface area (Å²) in [6.07, 6.45) is 6.55. The van der Waals surface area contributed by atoms with E-state index in [0.29, 0.717) is 18.3 Å². The summed E-state index contributed by atoms with van der Waals surface area (Å²) >= 11 is 0. The van der Waals surface area contributed by atoms with Gasteiger partial charge in [0, 0.05) is 38.8 Å². The zero-order valence-electron chi connectivity index (χ0n) is 15.4. The largest absolute Gasteiger partial charge is 0.343 e. The first-order chi connectivity index (χ1) is 12.6. The Kier molecular flexibility index (Phi) is 4.66. The van der Waals surface area contributed by atoms with Crippen LogP contribution in [0.3, 0.4) is 0 Å². The highest BCUT2D eigenvalue weighted by atomic mass is 16.2. The van der Waals surface area contributed by atoms with Gasteiger partial charge < -0.3 is 9.47 Å². The highest BCUT2D eigenvalue weighted by Gasteiger charge is 2.29. The zero-order valence-corrected chi connectivity index (χ0v) is 15.4. The number of piperidine rings is 1. The molecular weight excluding hydrogens is 324 g/mol. The molecule has 1 aliphatic carbocycles.